The van der Waals surface area contributed by atoms with Gasteiger partial charge in [-0.1, -0.05) is 18.2 Å². The Morgan fingerprint density at radius 2 is 2.13 bits per heavy atom. The van der Waals surface area contributed by atoms with Gasteiger partial charge in [0.2, 0.25) is 0 Å². The van der Waals surface area contributed by atoms with Gasteiger partial charge in [-0.25, -0.2) is 4.72 Å². The Morgan fingerprint density at radius 3 is 2.93 bits per heavy atom. The summed E-state index contributed by atoms with van der Waals surface area (Å²) >= 11 is -2.17. The minimum absolute atomic E-state index is 0.416. The van der Waals surface area contributed by atoms with E-state index < -0.39 is 11.3 Å². The average molecular weight is 224 g/mol. The highest BCUT2D eigenvalue weighted by Gasteiger charge is 2.11. The van der Waals surface area contributed by atoms with Crippen LogP contribution in [0.4, 0.5) is 0 Å². The molecular weight excluding hydrogens is 210 g/mol. The van der Waals surface area contributed by atoms with Crippen molar-refractivity contribution >= 4 is 11.3 Å². The first-order valence-corrected chi connectivity index (χ1v) is 6.27. The van der Waals surface area contributed by atoms with Gasteiger partial charge in [-0.15, -0.1) is 0 Å². The molecule has 0 aliphatic heterocycles. The molecule has 1 aromatic rings. The fourth-order valence-electron chi connectivity index (χ4n) is 2.16. The molecule has 1 aromatic carbocycles. The molecule has 0 bridgehead atoms. The number of hydrogen-bond acceptors (Lipinski definition) is 2. The Balaban J connectivity index is 2.19. The quantitative estimate of drug-likeness (QED) is 0.790. The van der Waals surface area contributed by atoms with Crippen LogP contribution in [0.5, 0.6) is 0 Å². The lowest BCUT2D eigenvalue weighted by atomic mass is 9.88. The molecule has 0 saturated heterocycles. The summed E-state index contributed by atoms with van der Waals surface area (Å²) in [5, 5.41) is 0. The van der Waals surface area contributed by atoms with Crippen molar-refractivity contribution in [3.05, 3.63) is 34.9 Å². The van der Waals surface area contributed by atoms with Crippen LogP contribution in [0.1, 0.15) is 29.5 Å². The molecule has 2 rings (SSSR count). The topological polar surface area (TPSA) is 52.2 Å². The van der Waals surface area contributed by atoms with Crippen LogP contribution in [0, 0.1) is 0 Å². The Morgan fingerprint density at radius 1 is 1.33 bits per heavy atom. The molecule has 15 heavy (non-hydrogen) atoms. The molecule has 82 valence electrons. The van der Waals surface area contributed by atoms with Crippen LogP contribution in [0.25, 0.3) is 0 Å². The van der Waals surface area contributed by atoms with Crippen molar-refractivity contribution in [3.63, 3.8) is 0 Å². The molecule has 0 heterocycles. The molecule has 4 heteroatoms. The van der Waals surface area contributed by atoms with Gasteiger partial charge in [-0.3, -0.25) is 4.21 Å². The summed E-state index contributed by atoms with van der Waals surface area (Å²) in [6, 6.07) is 6.16. The van der Waals surface area contributed by atoms with Crippen LogP contribution >= 0.6 is 0 Å². The maximum Gasteiger partial charge on any atom is 0.0325 e. The van der Waals surface area contributed by atoms with Crippen LogP contribution in [0.15, 0.2) is 18.2 Å². The number of nitrogens with one attached hydrogen (secondary N) is 1. The highest BCUT2D eigenvalue weighted by atomic mass is 32.2. The first-order chi connectivity index (χ1) is 7.27. The molecule has 1 atom stereocenters. The molecule has 0 radical (unpaired) electrons. The molecular formula is C11H14NO2S-. The van der Waals surface area contributed by atoms with Gasteiger partial charge in [0.25, 0.3) is 0 Å². The zero-order chi connectivity index (χ0) is 10.7. The van der Waals surface area contributed by atoms with Gasteiger partial charge in [0.1, 0.15) is 0 Å². The van der Waals surface area contributed by atoms with Gasteiger partial charge in [0.05, 0.1) is 0 Å². The van der Waals surface area contributed by atoms with Crippen molar-refractivity contribution in [1.29, 1.82) is 0 Å². The van der Waals surface area contributed by atoms with Crippen molar-refractivity contribution in [1.82, 2.24) is 4.72 Å². The largest absolute Gasteiger partial charge is 0.760 e. The van der Waals surface area contributed by atoms with Crippen molar-refractivity contribution in [2.24, 2.45) is 0 Å². The fourth-order valence-corrected chi connectivity index (χ4v) is 2.44. The lowest BCUT2D eigenvalue weighted by Crippen LogP contribution is -2.18. The summed E-state index contributed by atoms with van der Waals surface area (Å²) in [6.07, 6.45) is 4.67. The minimum Gasteiger partial charge on any atom is -0.760 e. The number of benzene rings is 1. The molecule has 1 N–H and O–H groups in total. The summed E-state index contributed by atoms with van der Waals surface area (Å²) < 4.78 is 23.3. The summed E-state index contributed by atoms with van der Waals surface area (Å²) in [5.74, 6) is 0. The van der Waals surface area contributed by atoms with E-state index in [0.29, 0.717) is 6.54 Å². The molecule has 0 spiro atoms. The standard InChI is InChI=1S/C11H15NO2S/c13-15(14)12-8-10-6-3-5-9-4-1-2-7-11(9)10/h3,5-6,12H,1-2,4,7-8H2,(H,13,14)/p-1. The number of aryl methyl sites for hydroxylation is 1. The SMILES string of the molecule is O=S([O-])NCc1cccc2c1CCCC2. The smallest absolute Gasteiger partial charge is 0.0325 e. The number of hydrogen-bond donors (Lipinski definition) is 1. The van der Waals surface area contributed by atoms with Gasteiger partial charge < -0.3 is 4.55 Å². The second-order valence-electron chi connectivity index (χ2n) is 3.82. The molecule has 1 unspecified atom stereocenters. The zero-order valence-electron chi connectivity index (χ0n) is 8.49. The maximum absolute atomic E-state index is 10.4. The van der Waals surface area contributed by atoms with Crippen LogP contribution < -0.4 is 4.72 Å². The van der Waals surface area contributed by atoms with E-state index in [0.717, 1.165) is 18.4 Å². The van der Waals surface area contributed by atoms with Gasteiger partial charge in [-0.2, -0.15) is 0 Å². The van der Waals surface area contributed by atoms with E-state index in [1.807, 2.05) is 12.1 Å². The summed E-state index contributed by atoms with van der Waals surface area (Å²) in [7, 11) is 0. The van der Waals surface area contributed by atoms with E-state index in [9.17, 15) is 8.76 Å². The van der Waals surface area contributed by atoms with E-state index in [1.165, 1.54) is 24.0 Å². The van der Waals surface area contributed by atoms with E-state index in [1.54, 1.807) is 0 Å². The fraction of sp³-hybridized carbons (Fsp3) is 0.455. The van der Waals surface area contributed by atoms with Gasteiger partial charge >= 0.3 is 0 Å². The lowest BCUT2D eigenvalue weighted by Gasteiger charge is -2.19. The van der Waals surface area contributed by atoms with E-state index in [4.69, 9.17) is 0 Å². The van der Waals surface area contributed by atoms with Crippen molar-refractivity contribution < 1.29 is 8.76 Å². The first-order valence-electron chi connectivity index (χ1n) is 5.20. The highest BCUT2D eigenvalue weighted by Crippen LogP contribution is 2.24. The number of fused-ring (bicyclic) bond motifs is 1. The van der Waals surface area contributed by atoms with Gasteiger partial charge in [-0.05, 0) is 42.4 Å². The Hall–Kier alpha value is -0.710. The van der Waals surface area contributed by atoms with Gasteiger partial charge in [0, 0.05) is 17.8 Å². The van der Waals surface area contributed by atoms with Crippen molar-refractivity contribution in [2.45, 2.75) is 32.2 Å². The Bertz CT molecular complexity index is 379. The normalized spacial score (nSPS) is 17.1. The average Bonchev–Trinajstić information content (AvgIpc) is 2.26. The second kappa shape index (κ2) is 4.88. The zero-order valence-corrected chi connectivity index (χ0v) is 9.31. The lowest BCUT2D eigenvalue weighted by molar-refractivity contribution is 0.522. The highest BCUT2D eigenvalue weighted by molar-refractivity contribution is 7.77. The second-order valence-corrected chi connectivity index (χ2v) is 4.58. The Labute approximate surface area is 92.3 Å². The first kappa shape index (κ1) is 10.8. The molecule has 1 aliphatic carbocycles. The van der Waals surface area contributed by atoms with Crippen LogP contribution in [0.2, 0.25) is 0 Å². The molecule has 3 nitrogen and oxygen atoms in total. The van der Waals surface area contributed by atoms with Crippen LogP contribution in [-0.4, -0.2) is 8.76 Å². The van der Waals surface area contributed by atoms with Gasteiger partial charge in [0.15, 0.2) is 0 Å². The third kappa shape index (κ3) is 2.65. The summed E-state index contributed by atoms with van der Waals surface area (Å²) in [5.41, 5.74) is 3.86. The molecule has 0 aromatic heterocycles. The summed E-state index contributed by atoms with van der Waals surface area (Å²) in [4.78, 5) is 0. The van der Waals surface area contributed by atoms with E-state index in [-0.39, 0.29) is 0 Å². The van der Waals surface area contributed by atoms with E-state index >= 15 is 0 Å². The molecule has 0 amide bonds. The third-order valence-electron chi connectivity index (χ3n) is 2.87. The number of rotatable bonds is 3. The van der Waals surface area contributed by atoms with Crippen molar-refractivity contribution in [3.8, 4) is 0 Å². The molecule has 1 aliphatic rings. The monoisotopic (exact) mass is 224 g/mol. The molecule has 0 saturated carbocycles. The van der Waals surface area contributed by atoms with Crippen LogP contribution in [0.3, 0.4) is 0 Å². The van der Waals surface area contributed by atoms with E-state index in [2.05, 4.69) is 10.8 Å². The predicted octanol–water partition coefficient (Wildman–Crippen LogP) is 1.45. The summed E-state index contributed by atoms with van der Waals surface area (Å²) in [6.45, 7) is 0.416. The predicted molar refractivity (Wildman–Crippen MR) is 58.8 cm³/mol. The minimum atomic E-state index is -2.17. The molecule has 0 fully saturated rings. The maximum atomic E-state index is 10.4. The Kier molecular flexibility index (Phi) is 3.51. The van der Waals surface area contributed by atoms with Crippen molar-refractivity contribution in [2.75, 3.05) is 0 Å². The van der Waals surface area contributed by atoms with Crippen LogP contribution in [-0.2, 0) is 30.7 Å². The third-order valence-corrected chi connectivity index (χ3v) is 3.25.